The van der Waals surface area contributed by atoms with Crippen LogP contribution in [0.3, 0.4) is 0 Å². The number of imide groups is 1. The smallest absolute Gasteiger partial charge is 0.325 e. The number of carbonyl (C=O) groups excluding carboxylic acids is 3. The second-order valence-corrected chi connectivity index (χ2v) is 8.42. The van der Waals surface area contributed by atoms with Crippen molar-refractivity contribution in [3.63, 3.8) is 0 Å². The first-order valence-corrected chi connectivity index (χ1v) is 10.5. The summed E-state index contributed by atoms with van der Waals surface area (Å²) in [5, 5.41) is 2.91. The maximum atomic E-state index is 13.0. The summed E-state index contributed by atoms with van der Waals surface area (Å²) in [7, 11) is 0. The van der Waals surface area contributed by atoms with Gasteiger partial charge < -0.3 is 10.2 Å². The minimum atomic E-state index is -0.809. The highest BCUT2D eigenvalue weighted by Gasteiger charge is 2.55. The lowest BCUT2D eigenvalue weighted by Crippen LogP contribution is -2.54. The van der Waals surface area contributed by atoms with Gasteiger partial charge in [-0.15, -0.1) is 0 Å². The second kappa shape index (κ2) is 8.10. The van der Waals surface area contributed by atoms with E-state index < -0.39 is 11.6 Å². The molecule has 1 aliphatic carbocycles. The van der Waals surface area contributed by atoms with Crippen molar-refractivity contribution in [1.82, 2.24) is 25.0 Å². The zero-order chi connectivity index (χ0) is 20.4. The summed E-state index contributed by atoms with van der Waals surface area (Å²) in [6, 6.07) is 5.44. The molecule has 156 valence electrons. The van der Waals surface area contributed by atoms with Crippen LogP contribution in [-0.2, 0) is 16.1 Å². The van der Waals surface area contributed by atoms with Crippen LogP contribution in [0, 0.1) is 5.92 Å². The third kappa shape index (κ3) is 3.85. The standard InChI is InChI=1S/C21H29N5O3/c1-16-6-2-4-8-21(16)19(28)26(20(29)23-21)15-18(27)25-12-10-24(11-13-25)14-17-7-3-5-9-22-17/h3,5,7,9,16H,2,4,6,8,10-15H2,1H3,(H,23,29)/t16-,21+/m0/s1. The highest BCUT2D eigenvalue weighted by atomic mass is 16.2. The van der Waals surface area contributed by atoms with E-state index in [-0.39, 0.29) is 24.3 Å². The molecule has 8 nitrogen and oxygen atoms in total. The molecule has 2 aliphatic heterocycles. The van der Waals surface area contributed by atoms with Gasteiger partial charge in [-0.25, -0.2) is 4.79 Å². The molecule has 1 aromatic rings. The Morgan fingerprint density at radius 2 is 2.00 bits per heavy atom. The minimum absolute atomic E-state index is 0.0999. The molecule has 1 spiro atoms. The Hall–Kier alpha value is -2.48. The lowest BCUT2D eigenvalue weighted by Gasteiger charge is -2.37. The molecule has 0 aromatic carbocycles. The quantitative estimate of drug-likeness (QED) is 0.770. The van der Waals surface area contributed by atoms with Gasteiger partial charge in [0.1, 0.15) is 12.1 Å². The average Bonchev–Trinajstić information content (AvgIpc) is 2.96. The van der Waals surface area contributed by atoms with E-state index in [1.54, 1.807) is 11.1 Å². The van der Waals surface area contributed by atoms with Crippen molar-refractivity contribution in [3.05, 3.63) is 30.1 Å². The van der Waals surface area contributed by atoms with Gasteiger partial charge in [-0.1, -0.05) is 25.8 Å². The number of nitrogens with zero attached hydrogens (tertiary/aromatic N) is 4. The number of piperazine rings is 1. The predicted molar refractivity (Wildman–Crippen MR) is 107 cm³/mol. The number of nitrogens with one attached hydrogen (secondary N) is 1. The number of pyridine rings is 1. The number of urea groups is 1. The lowest BCUT2D eigenvalue weighted by molar-refractivity contribution is -0.141. The Morgan fingerprint density at radius 1 is 1.21 bits per heavy atom. The first-order chi connectivity index (χ1) is 14.0. The maximum Gasteiger partial charge on any atom is 0.325 e. The zero-order valence-electron chi connectivity index (χ0n) is 17.0. The van der Waals surface area contributed by atoms with E-state index in [0.29, 0.717) is 19.5 Å². The summed E-state index contributed by atoms with van der Waals surface area (Å²) in [5.41, 5.74) is 0.204. The van der Waals surface area contributed by atoms with Crippen molar-refractivity contribution in [2.45, 2.75) is 44.7 Å². The third-order valence-corrected chi connectivity index (χ3v) is 6.63. The first kappa shape index (κ1) is 19.8. The van der Waals surface area contributed by atoms with E-state index in [2.05, 4.69) is 15.2 Å². The first-order valence-electron chi connectivity index (χ1n) is 10.5. The fraction of sp³-hybridized carbons (Fsp3) is 0.619. The molecule has 3 heterocycles. The summed E-state index contributed by atoms with van der Waals surface area (Å²) < 4.78 is 0. The summed E-state index contributed by atoms with van der Waals surface area (Å²) in [5.74, 6) is -0.286. The predicted octanol–water partition coefficient (Wildman–Crippen LogP) is 1.23. The summed E-state index contributed by atoms with van der Waals surface area (Å²) >= 11 is 0. The molecule has 4 amide bonds. The van der Waals surface area contributed by atoms with Gasteiger partial charge in [0.05, 0.1) is 5.69 Å². The average molecular weight is 399 g/mol. The van der Waals surface area contributed by atoms with Crippen LogP contribution in [0.2, 0.25) is 0 Å². The number of rotatable bonds is 4. The van der Waals surface area contributed by atoms with Crippen molar-refractivity contribution in [2.75, 3.05) is 32.7 Å². The van der Waals surface area contributed by atoms with Gasteiger partial charge in [0, 0.05) is 38.9 Å². The molecular weight excluding hydrogens is 370 g/mol. The molecule has 2 saturated heterocycles. The molecule has 2 atom stereocenters. The Bertz CT molecular complexity index is 778. The second-order valence-electron chi connectivity index (χ2n) is 8.42. The number of carbonyl (C=O) groups is 3. The van der Waals surface area contributed by atoms with E-state index in [1.807, 2.05) is 25.1 Å². The van der Waals surface area contributed by atoms with Gasteiger partial charge in [-0.3, -0.25) is 24.4 Å². The molecule has 1 N–H and O–H groups in total. The van der Waals surface area contributed by atoms with E-state index in [4.69, 9.17) is 0 Å². The van der Waals surface area contributed by atoms with Crippen molar-refractivity contribution >= 4 is 17.8 Å². The van der Waals surface area contributed by atoms with E-state index in [0.717, 1.165) is 49.5 Å². The Balaban J connectivity index is 1.32. The van der Waals surface area contributed by atoms with Gasteiger partial charge in [0.15, 0.2) is 0 Å². The Kier molecular flexibility index (Phi) is 5.54. The SMILES string of the molecule is C[C@H]1CCCC[C@@]12NC(=O)N(CC(=O)N1CCN(Cc3ccccn3)CC1)C2=O. The van der Waals surface area contributed by atoms with E-state index in [9.17, 15) is 14.4 Å². The van der Waals surface area contributed by atoms with Crippen LogP contribution in [0.4, 0.5) is 4.79 Å². The number of hydrogen-bond acceptors (Lipinski definition) is 5. The van der Waals surface area contributed by atoms with Gasteiger partial charge in [-0.05, 0) is 30.9 Å². The van der Waals surface area contributed by atoms with Crippen molar-refractivity contribution in [1.29, 1.82) is 0 Å². The van der Waals surface area contributed by atoms with Crippen molar-refractivity contribution in [3.8, 4) is 0 Å². The highest BCUT2D eigenvalue weighted by Crippen LogP contribution is 2.38. The van der Waals surface area contributed by atoms with Crippen molar-refractivity contribution < 1.29 is 14.4 Å². The number of amides is 4. The maximum absolute atomic E-state index is 13.0. The fourth-order valence-electron chi connectivity index (χ4n) is 4.75. The molecule has 0 unspecified atom stereocenters. The molecule has 3 aliphatic rings. The zero-order valence-corrected chi connectivity index (χ0v) is 17.0. The molecule has 1 aromatic heterocycles. The summed E-state index contributed by atoms with van der Waals surface area (Å²) in [6.45, 7) is 5.31. The van der Waals surface area contributed by atoms with Crippen LogP contribution in [0.15, 0.2) is 24.4 Å². The molecule has 8 heteroatoms. The van der Waals surface area contributed by atoms with Crippen LogP contribution in [0.1, 0.15) is 38.3 Å². The van der Waals surface area contributed by atoms with Gasteiger partial charge in [0.2, 0.25) is 5.91 Å². The molecular formula is C21H29N5O3. The number of aromatic nitrogens is 1. The monoisotopic (exact) mass is 399 g/mol. The lowest BCUT2D eigenvalue weighted by atomic mass is 9.73. The molecule has 0 bridgehead atoms. The van der Waals surface area contributed by atoms with Crippen LogP contribution >= 0.6 is 0 Å². The number of hydrogen-bond donors (Lipinski definition) is 1. The van der Waals surface area contributed by atoms with E-state index >= 15 is 0 Å². The van der Waals surface area contributed by atoms with Crippen LogP contribution in [-0.4, -0.2) is 75.8 Å². The molecule has 0 radical (unpaired) electrons. The largest absolute Gasteiger partial charge is 0.339 e. The van der Waals surface area contributed by atoms with Crippen LogP contribution < -0.4 is 5.32 Å². The third-order valence-electron chi connectivity index (χ3n) is 6.63. The Labute approximate surface area is 171 Å². The van der Waals surface area contributed by atoms with Gasteiger partial charge in [0.25, 0.3) is 5.91 Å². The minimum Gasteiger partial charge on any atom is -0.339 e. The van der Waals surface area contributed by atoms with Crippen LogP contribution in [0.25, 0.3) is 0 Å². The van der Waals surface area contributed by atoms with E-state index in [1.165, 1.54) is 0 Å². The highest BCUT2D eigenvalue weighted by molar-refractivity contribution is 6.09. The summed E-state index contributed by atoms with van der Waals surface area (Å²) in [4.78, 5) is 47.8. The Morgan fingerprint density at radius 3 is 2.69 bits per heavy atom. The molecule has 1 saturated carbocycles. The van der Waals surface area contributed by atoms with Crippen molar-refractivity contribution in [2.24, 2.45) is 5.92 Å². The summed E-state index contributed by atoms with van der Waals surface area (Å²) in [6.07, 6.45) is 5.37. The molecule has 3 fully saturated rings. The normalized spacial score (nSPS) is 28.1. The van der Waals surface area contributed by atoms with Gasteiger partial charge >= 0.3 is 6.03 Å². The van der Waals surface area contributed by atoms with Gasteiger partial charge in [-0.2, -0.15) is 0 Å². The fourth-order valence-corrected chi connectivity index (χ4v) is 4.75. The molecule has 4 rings (SSSR count). The van der Waals surface area contributed by atoms with Crippen LogP contribution in [0.5, 0.6) is 0 Å². The molecule has 29 heavy (non-hydrogen) atoms. The topological polar surface area (TPSA) is 85.8 Å².